The van der Waals surface area contributed by atoms with E-state index in [4.69, 9.17) is 4.74 Å². The average molecular weight is 563 g/mol. The first-order valence-corrected chi connectivity index (χ1v) is 14.6. The van der Waals surface area contributed by atoms with Crippen molar-refractivity contribution in [3.05, 3.63) is 93.5 Å². The fourth-order valence-electron chi connectivity index (χ4n) is 4.99. The SMILES string of the molecule is CCOC(=O)c1ccc(N2C(=O)CC(N(Cc3ccc(C)cc3)S(=O)(=O)c3c(C)c(C)cc(C)c3C)C2=O)cc1. The molecule has 40 heavy (non-hydrogen) atoms. The maximum Gasteiger partial charge on any atom is 0.338 e. The van der Waals surface area contributed by atoms with Crippen LogP contribution in [0.1, 0.15) is 57.1 Å². The van der Waals surface area contributed by atoms with Crippen molar-refractivity contribution in [3.63, 3.8) is 0 Å². The number of amides is 2. The predicted molar refractivity (Wildman–Crippen MR) is 153 cm³/mol. The van der Waals surface area contributed by atoms with Gasteiger partial charge in [0, 0.05) is 6.54 Å². The van der Waals surface area contributed by atoms with E-state index in [0.717, 1.165) is 21.6 Å². The van der Waals surface area contributed by atoms with Crippen LogP contribution in [0.15, 0.2) is 59.5 Å². The van der Waals surface area contributed by atoms with E-state index in [1.54, 1.807) is 20.8 Å². The molecular formula is C31H34N2O6S. The molecule has 1 atom stereocenters. The second-order valence-electron chi connectivity index (χ2n) is 10.2. The van der Waals surface area contributed by atoms with Crippen molar-refractivity contribution in [1.29, 1.82) is 0 Å². The first-order valence-electron chi connectivity index (χ1n) is 13.2. The smallest absolute Gasteiger partial charge is 0.338 e. The Kier molecular flexibility index (Phi) is 8.28. The second kappa shape index (κ2) is 11.3. The van der Waals surface area contributed by atoms with Crippen molar-refractivity contribution in [1.82, 2.24) is 4.31 Å². The van der Waals surface area contributed by atoms with E-state index >= 15 is 0 Å². The van der Waals surface area contributed by atoms with Gasteiger partial charge in [-0.2, -0.15) is 4.31 Å². The first kappa shape index (κ1) is 29.2. The van der Waals surface area contributed by atoms with Gasteiger partial charge in [0.15, 0.2) is 0 Å². The number of carbonyl (C=O) groups is 3. The van der Waals surface area contributed by atoms with Gasteiger partial charge in [0.2, 0.25) is 15.9 Å². The van der Waals surface area contributed by atoms with Gasteiger partial charge >= 0.3 is 5.97 Å². The van der Waals surface area contributed by atoms with Gasteiger partial charge in [-0.3, -0.25) is 9.59 Å². The molecule has 8 nitrogen and oxygen atoms in total. The molecule has 2 amide bonds. The lowest BCUT2D eigenvalue weighted by atomic mass is 10.0. The highest BCUT2D eigenvalue weighted by atomic mass is 32.2. The van der Waals surface area contributed by atoms with E-state index in [9.17, 15) is 22.8 Å². The van der Waals surface area contributed by atoms with Crippen LogP contribution >= 0.6 is 0 Å². The summed E-state index contributed by atoms with van der Waals surface area (Å²) < 4.78 is 35.0. The van der Waals surface area contributed by atoms with E-state index in [2.05, 4.69) is 0 Å². The van der Waals surface area contributed by atoms with Crippen molar-refractivity contribution in [2.45, 2.75) is 65.4 Å². The maximum absolute atomic E-state index is 14.4. The molecule has 0 saturated carbocycles. The molecule has 1 heterocycles. The Morgan fingerprint density at radius 2 is 1.50 bits per heavy atom. The summed E-state index contributed by atoms with van der Waals surface area (Å²) in [6.07, 6.45) is -0.299. The average Bonchev–Trinajstić information content (AvgIpc) is 3.20. The Morgan fingerprint density at radius 3 is 2.05 bits per heavy atom. The van der Waals surface area contributed by atoms with Crippen LogP contribution in [0.5, 0.6) is 0 Å². The number of rotatable bonds is 8. The van der Waals surface area contributed by atoms with Crippen molar-refractivity contribution < 1.29 is 27.5 Å². The van der Waals surface area contributed by atoms with Crippen LogP contribution in [-0.2, 0) is 30.9 Å². The standard InChI is InChI=1S/C31H34N2O6S/c1-7-39-31(36)25-12-14-26(15-13-25)33-28(34)17-27(30(33)35)32(18-24-10-8-19(2)9-11-24)40(37,38)29-22(5)20(3)16-21(4)23(29)6/h8-16,27H,7,17-18H2,1-6H3. The zero-order valence-electron chi connectivity index (χ0n) is 23.6. The van der Waals surface area contributed by atoms with Crippen LogP contribution < -0.4 is 4.90 Å². The number of benzene rings is 3. The lowest BCUT2D eigenvalue weighted by Gasteiger charge is -2.29. The van der Waals surface area contributed by atoms with Crippen LogP contribution in [-0.4, -0.2) is 43.2 Å². The highest BCUT2D eigenvalue weighted by Crippen LogP contribution is 2.34. The molecule has 1 unspecified atom stereocenters. The Labute approximate surface area is 235 Å². The minimum atomic E-state index is -4.21. The molecule has 1 fully saturated rings. The van der Waals surface area contributed by atoms with Crippen molar-refractivity contribution in [2.24, 2.45) is 0 Å². The summed E-state index contributed by atoms with van der Waals surface area (Å²) >= 11 is 0. The van der Waals surface area contributed by atoms with E-state index in [0.29, 0.717) is 16.7 Å². The van der Waals surface area contributed by atoms with Crippen LogP contribution in [0.3, 0.4) is 0 Å². The fraction of sp³-hybridized carbons (Fsp3) is 0.323. The highest BCUT2D eigenvalue weighted by Gasteiger charge is 2.47. The van der Waals surface area contributed by atoms with Gasteiger partial charge in [0.1, 0.15) is 6.04 Å². The molecule has 3 aromatic carbocycles. The van der Waals surface area contributed by atoms with E-state index in [-0.39, 0.29) is 35.7 Å². The van der Waals surface area contributed by atoms with Crippen LogP contribution in [0.25, 0.3) is 0 Å². The molecule has 0 spiro atoms. The number of imide groups is 1. The molecule has 0 aliphatic carbocycles. The molecule has 0 bridgehead atoms. The zero-order chi connectivity index (χ0) is 29.4. The molecule has 0 aromatic heterocycles. The minimum absolute atomic E-state index is 0.0756. The lowest BCUT2D eigenvalue weighted by Crippen LogP contribution is -2.45. The summed E-state index contributed by atoms with van der Waals surface area (Å²) in [4.78, 5) is 40.2. The quantitative estimate of drug-likeness (QED) is 0.285. The number of ether oxygens (including phenoxy) is 1. The Balaban J connectivity index is 1.78. The van der Waals surface area contributed by atoms with E-state index in [1.165, 1.54) is 28.6 Å². The summed E-state index contributed by atoms with van der Waals surface area (Å²) in [7, 11) is -4.21. The minimum Gasteiger partial charge on any atom is -0.462 e. The topological polar surface area (TPSA) is 101 Å². The van der Waals surface area contributed by atoms with Gasteiger partial charge in [-0.25, -0.2) is 18.1 Å². The summed E-state index contributed by atoms with van der Waals surface area (Å²) in [5.74, 6) is -1.67. The first-order chi connectivity index (χ1) is 18.9. The summed E-state index contributed by atoms with van der Waals surface area (Å²) in [5.41, 5.74) is 5.14. The van der Waals surface area contributed by atoms with Crippen LogP contribution in [0.2, 0.25) is 0 Å². The number of esters is 1. The highest BCUT2D eigenvalue weighted by molar-refractivity contribution is 7.89. The largest absolute Gasteiger partial charge is 0.462 e. The third-order valence-corrected chi connectivity index (χ3v) is 9.56. The third-order valence-electron chi connectivity index (χ3n) is 7.43. The molecular weight excluding hydrogens is 528 g/mol. The lowest BCUT2D eigenvalue weighted by molar-refractivity contribution is -0.122. The van der Waals surface area contributed by atoms with Gasteiger partial charge in [-0.15, -0.1) is 0 Å². The molecule has 1 aliphatic rings. The summed E-state index contributed by atoms with van der Waals surface area (Å²) in [5, 5.41) is 0. The van der Waals surface area contributed by atoms with Gasteiger partial charge in [0.05, 0.1) is 29.2 Å². The second-order valence-corrected chi connectivity index (χ2v) is 12.0. The van der Waals surface area contributed by atoms with Crippen molar-refractivity contribution in [3.8, 4) is 0 Å². The fourth-order valence-corrected chi connectivity index (χ4v) is 7.14. The van der Waals surface area contributed by atoms with Gasteiger partial charge in [-0.1, -0.05) is 35.9 Å². The van der Waals surface area contributed by atoms with Gasteiger partial charge in [-0.05, 0) is 93.6 Å². The Morgan fingerprint density at radius 1 is 0.925 bits per heavy atom. The van der Waals surface area contributed by atoms with Gasteiger partial charge < -0.3 is 4.74 Å². The molecule has 0 radical (unpaired) electrons. The number of hydrogen-bond acceptors (Lipinski definition) is 6. The molecule has 1 aliphatic heterocycles. The normalized spacial score (nSPS) is 15.7. The van der Waals surface area contributed by atoms with Gasteiger partial charge in [0.25, 0.3) is 5.91 Å². The number of nitrogens with zero attached hydrogens (tertiary/aromatic N) is 2. The Hall–Kier alpha value is -3.82. The van der Waals surface area contributed by atoms with Crippen molar-refractivity contribution >= 4 is 33.5 Å². The molecule has 4 rings (SSSR count). The summed E-state index contributed by atoms with van der Waals surface area (Å²) in [6.45, 7) is 11.0. The molecule has 210 valence electrons. The molecule has 9 heteroatoms. The third kappa shape index (κ3) is 5.44. The number of sulfonamides is 1. The van der Waals surface area contributed by atoms with Crippen LogP contribution in [0, 0.1) is 34.6 Å². The monoisotopic (exact) mass is 562 g/mol. The number of carbonyl (C=O) groups excluding carboxylic acids is 3. The number of aryl methyl sites for hydroxylation is 3. The predicted octanol–water partition coefficient (Wildman–Crippen LogP) is 4.93. The summed E-state index contributed by atoms with van der Waals surface area (Å²) in [6, 6.07) is 14.1. The Bertz CT molecular complexity index is 1550. The molecule has 1 saturated heterocycles. The van der Waals surface area contributed by atoms with E-state index < -0.39 is 33.8 Å². The zero-order valence-corrected chi connectivity index (χ0v) is 24.5. The van der Waals surface area contributed by atoms with Crippen LogP contribution in [0.4, 0.5) is 5.69 Å². The maximum atomic E-state index is 14.4. The molecule has 0 N–H and O–H groups in total. The van der Waals surface area contributed by atoms with Crippen molar-refractivity contribution in [2.75, 3.05) is 11.5 Å². The molecule has 3 aromatic rings. The number of anilines is 1. The number of hydrogen-bond donors (Lipinski definition) is 0. The van der Waals surface area contributed by atoms with E-state index in [1.807, 2.05) is 51.1 Å².